The predicted octanol–water partition coefficient (Wildman–Crippen LogP) is 3.39. The fraction of sp³-hybridized carbons (Fsp3) is 0.353. The molecule has 126 valence electrons. The molecule has 1 unspecified atom stereocenters. The summed E-state index contributed by atoms with van der Waals surface area (Å²) in [6, 6.07) is 7.10. The Morgan fingerprint density at radius 1 is 1.38 bits per heavy atom. The number of rotatable bonds is 4. The minimum atomic E-state index is -0.275. The van der Waals surface area contributed by atoms with Crippen molar-refractivity contribution in [2.75, 3.05) is 13.1 Å². The molecule has 0 radical (unpaired) electrons. The van der Waals surface area contributed by atoms with E-state index in [1.807, 2.05) is 17.5 Å². The highest BCUT2D eigenvalue weighted by atomic mass is 35.5. The van der Waals surface area contributed by atoms with Crippen LogP contribution in [0.2, 0.25) is 5.15 Å². The fourth-order valence-corrected chi connectivity index (χ4v) is 3.48. The first-order chi connectivity index (χ1) is 11.6. The van der Waals surface area contributed by atoms with Gasteiger partial charge in [0, 0.05) is 24.8 Å². The Labute approximate surface area is 149 Å². The van der Waals surface area contributed by atoms with Gasteiger partial charge in [-0.2, -0.15) is 0 Å². The number of thiophene rings is 1. The van der Waals surface area contributed by atoms with Gasteiger partial charge in [0.2, 0.25) is 0 Å². The van der Waals surface area contributed by atoms with Gasteiger partial charge >= 0.3 is 5.97 Å². The molecule has 0 N–H and O–H groups in total. The number of hydrogen-bond acceptors (Lipinski definition) is 5. The number of pyridine rings is 1. The zero-order valence-corrected chi connectivity index (χ0v) is 14.6. The van der Waals surface area contributed by atoms with Crippen LogP contribution in [0.1, 0.15) is 28.1 Å². The van der Waals surface area contributed by atoms with E-state index in [2.05, 4.69) is 4.98 Å². The number of carbonyl (C=O) groups is 2. The van der Waals surface area contributed by atoms with Crippen LogP contribution < -0.4 is 0 Å². The summed E-state index contributed by atoms with van der Waals surface area (Å²) in [5.74, 6) is -0.555. The molecule has 1 aliphatic heterocycles. The van der Waals surface area contributed by atoms with Crippen LogP contribution in [-0.4, -0.2) is 34.8 Å². The van der Waals surface area contributed by atoms with Crippen molar-refractivity contribution >= 4 is 34.8 Å². The molecule has 3 heterocycles. The quantitative estimate of drug-likeness (QED) is 0.616. The van der Waals surface area contributed by atoms with Crippen LogP contribution in [0.25, 0.3) is 0 Å². The first-order valence-corrected chi connectivity index (χ1v) is 8.99. The molecule has 0 saturated carbocycles. The lowest BCUT2D eigenvalue weighted by Crippen LogP contribution is -2.42. The SMILES string of the molecule is O=C(OCc1ccc(Cl)nc1)C1CCCN(C(=O)c2cccs2)C1. The number of ether oxygens (including phenoxy) is 1. The zero-order valence-electron chi connectivity index (χ0n) is 13.0. The number of esters is 1. The largest absolute Gasteiger partial charge is 0.460 e. The normalized spacial score (nSPS) is 17.5. The standard InChI is InChI=1S/C17H17ClN2O3S/c18-15-6-5-12(9-19-15)11-23-17(22)13-3-1-7-20(10-13)16(21)14-4-2-8-24-14/h2,4-6,8-9,13H,1,3,7,10-11H2. The molecule has 1 aliphatic rings. The van der Waals surface area contributed by atoms with Gasteiger partial charge in [-0.05, 0) is 30.4 Å². The maximum Gasteiger partial charge on any atom is 0.311 e. The van der Waals surface area contributed by atoms with Crippen molar-refractivity contribution in [3.63, 3.8) is 0 Å². The second kappa shape index (κ2) is 7.77. The first-order valence-electron chi connectivity index (χ1n) is 7.73. The number of hydrogen-bond donors (Lipinski definition) is 0. The number of aromatic nitrogens is 1. The van der Waals surface area contributed by atoms with Crippen molar-refractivity contribution in [1.29, 1.82) is 0 Å². The number of amides is 1. The van der Waals surface area contributed by atoms with Crippen molar-refractivity contribution < 1.29 is 14.3 Å². The monoisotopic (exact) mass is 364 g/mol. The molecule has 0 bridgehead atoms. The Bertz CT molecular complexity index is 703. The lowest BCUT2D eigenvalue weighted by atomic mass is 9.98. The van der Waals surface area contributed by atoms with Crippen LogP contribution in [0.3, 0.4) is 0 Å². The van der Waals surface area contributed by atoms with E-state index < -0.39 is 0 Å². The molecule has 1 fully saturated rings. The summed E-state index contributed by atoms with van der Waals surface area (Å²) >= 11 is 7.15. The van der Waals surface area contributed by atoms with Gasteiger partial charge in [0.1, 0.15) is 11.8 Å². The highest BCUT2D eigenvalue weighted by Gasteiger charge is 2.30. The van der Waals surface area contributed by atoms with E-state index in [-0.39, 0.29) is 24.4 Å². The van der Waals surface area contributed by atoms with Gasteiger partial charge in [-0.1, -0.05) is 23.7 Å². The Balaban J connectivity index is 1.55. The maximum atomic E-state index is 12.4. The van der Waals surface area contributed by atoms with Gasteiger partial charge in [-0.3, -0.25) is 9.59 Å². The van der Waals surface area contributed by atoms with E-state index in [4.69, 9.17) is 16.3 Å². The number of carbonyl (C=O) groups excluding carboxylic acids is 2. The van der Waals surface area contributed by atoms with E-state index >= 15 is 0 Å². The van der Waals surface area contributed by atoms with Gasteiger partial charge in [-0.15, -0.1) is 11.3 Å². The lowest BCUT2D eigenvalue weighted by Gasteiger charge is -2.31. The fourth-order valence-electron chi connectivity index (χ4n) is 2.67. The third kappa shape index (κ3) is 4.13. The molecule has 0 aromatic carbocycles. The van der Waals surface area contributed by atoms with Crippen molar-refractivity contribution in [2.45, 2.75) is 19.4 Å². The maximum absolute atomic E-state index is 12.4. The van der Waals surface area contributed by atoms with Crippen LogP contribution in [0.5, 0.6) is 0 Å². The van der Waals surface area contributed by atoms with Crippen LogP contribution in [0.4, 0.5) is 0 Å². The molecular formula is C17H17ClN2O3S. The molecule has 24 heavy (non-hydrogen) atoms. The summed E-state index contributed by atoms with van der Waals surface area (Å²) in [7, 11) is 0. The Morgan fingerprint density at radius 3 is 2.96 bits per heavy atom. The van der Waals surface area contributed by atoms with Crippen LogP contribution in [-0.2, 0) is 16.1 Å². The highest BCUT2D eigenvalue weighted by Crippen LogP contribution is 2.22. The summed E-state index contributed by atoms with van der Waals surface area (Å²) < 4.78 is 5.37. The summed E-state index contributed by atoms with van der Waals surface area (Å²) in [4.78, 5) is 31.1. The summed E-state index contributed by atoms with van der Waals surface area (Å²) in [5, 5.41) is 2.28. The van der Waals surface area contributed by atoms with Crippen LogP contribution in [0.15, 0.2) is 35.8 Å². The minimum absolute atomic E-state index is 0.00981. The summed E-state index contributed by atoms with van der Waals surface area (Å²) in [5.41, 5.74) is 0.787. The Morgan fingerprint density at radius 2 is 2.25 bits per heavy atom. The van der Waals surface area contributed by atoms with Gasteiger partial charge in [0.15, 0.2) is 0 Å². The van der Waals surface area contributed by atoms with Crippen molar-refractivity contribution in [3.8, 4) is 0 Å². The Kier molecular flexibility index (Phi) is 5.48. The topological polar surface area (TPSA) is 59.5 Å². The number of likely N-dealkylation sites (tertiary alicyclic amines) is 1. The van der Waals surface area contributed by atoms with E-state index in [0.717, 1.165) is 18.4 Å². The molecule has 2 aromatic rings. The smallest absolute Gasteiger partial charge is 0.311 e. The van der Waals surface area contributed by atoms with Crippen LogP contribution in [0, 0.1) is 5.92 Å². The van der Waals surface area contributed by atoms with Gasteiger partial charge < -0.3 is 9.64 Å². The molecule has 5 nitrogen and oxygen atoms in total. The van der Waals surface area contributed by atoms with E-state index in [1.165, 1.54) is 11.3 Å². The number of nitrogens with zero attached hydrogens (tertiary/aromatic N) is 2. The Hall–Kier alpha value is -1.92. The third-order valence-corrected chi connectivity index (χ3v) is 5.03. The zero-order chi connectivity index (χ0) is 16.9. The number of halogens is 1. The molecule has 2 aromatic heterocycles. The predicted molar refractivity (Wildman–Crippen MR) is 92.0 cm³/mol. The second-order valence-electron chi connectivity index (χ2n) is 5.66. The van der Waals surface area contributed by atoms with Crippen molar-refractivity contribution in [1.82, 2.24) is 9.88 Å². The molecule has 0 aliphatic carbocycles. The molecule has 1 saturated heterocycles. The summed E-state index contributed by atoms with van der Waals surface area (Å²) in [6.07, 6.45) is 3.13. The molecule has 0 spiro atoms. The molecule has 3 rings (SSSR count). The van der Waals surface area contributed by atoms with E-state index in [9.17, 15) is 9.59 Å². The van der Waals surface area contributed by atoms with Gasteiger partial charge in [-0.25, -0.2) is 4.98 Å². The van der Waals surface area contributed by atoms with Crippen LogP contribution >= 0.6 is 22.9 Å². The highest BCUT2D eigenvalue weighted by molar-refractivity contribution is 7.12. The first kappa shape index (κ1) is 16.9. The number of piperidine rings is 1. The second-order valence-corrected chi connectivity index (χ2v) is 7.00. The van der Waals surface area contributed by atoms with Crippen molar-refractivity contribution in [2.24, 2.45) is 5.92 Å². The average molecular weight is 365 g/mol. The van der Waals surface area contributed by atoms with Gasteiger partial charge in [0.25, 0.3) is 5.91 Å². The van der Waals surface area contributed by atoms with E-state index in [1.54, 1.807) is 23.2 Å². The average Bonchev–Trinajstić information content (AvgIpc) is 3.15. The molecular weight excluding hydrogens is 348 g/mol. The minimum Gasteiger partial charge on any atom is -0.460 e. The van der Waals surface area contributed by atoms with Crippen molar-refractivity contribution in [3.05, 3.63) is 51.4 Å². The van der Waals surface area contributed by atoms with Gasteiger partial charge in [0.05, 0.1) is 10.8 Å². The van der Waals surface area contributed by atoms with E-state index in [0.29, 0.717) is 23.1 Å². The molecule has 7 heteroatoms. The molecule has 1 amide bonds. The summed E-state index contributed by atoms with van der Waals surface area (Å²) in [6.45, 7) is 1.26. The lowest BCUT2D eigenvalue weighted by molar-refractivity contribution is -0.151. The molecule has 1 atom stereocenters. The third-order valence-electron chi connectivity index (χ3n) is 3.94.